The largest absolute Gasteiger partial charge is 0.380 e. The molecule has 0 amide bonds. The lowest BCUT2D eigenvalue weighted by molar-refractivity contribution is 0.0704. The van der Waals surface area contributed by atoms with Gasteiger partial charge in [0.1, 0.15) is 0 Å². The Kier molecular flexibility index (Phi) is 4.63. The summed E-state index contributed by atoms with van der Waals surface area (Å²) in [7, 11) is 0. The van der Waals surface area contributed by atoms with E-state index in [0.717, 1.165) is 32.7 Å². The minimum Gasteiger partial charge on any atom is -0.380 e. The maximum atomic E-state index is 5.78. The third-order valence-electron chi connectivity index (χ3n) is 2.76. The number of aryl methyl sites for hydroxylation is 1. The Balaban J connectivity index is 1.57. The van der Waals surface area contributed by atoms with Crippen LogP contribution in [0.3, 0.4) is 0 Å². The molecule has 1 aromatic heterocycles. The summed E-state index contributed by atoms with van der Waals surface area (Å²) in [5.41, 5.74) is 0. The Labute approximate surface area is 101 Å². The second-order valence-corrected chi connectivity index (χ2v) is 4.58. The van der Waals surface area contributed by atoms with Crippen LogP contribution in [0.5, 0.6) is 0 Å². The van der Waals surface area contributed by atoms with Crippen LogP contribution < -0.4 is 5.32 Å². The summed E-state index contributed by atoms with van der Waals surface area (Å²) in [5, 5.41) is 8.33. The van der Waals surface area contributed by atoms with E-state index in [1.807, 2.05) is 10.9 Å². The zero-order chi connectivity index (χ0) is 11.2. The van der Waals surface area contributed by atoms with Gasteiger partial charge in [0.25, 0.3) is 0 Å². The Hall–Kier alpha value is -0.580. The first-order valence-corrected chi connectivity index (χ1v) is 6.21. The summed E-state index contributed by atoms with van der Waals surface area (Å²) < 4.78 is 7.28. The van der Waals surface area contributed by atoms with Crippen molar-refractivity contribution in [3.63, 3.8) is 0 Å². The van der Waals surface area contributed by atoms with E-state index in [-0.39, 0.29) is 0 Å². The molecule has 90 valence electrons. The minimum absolute atomic E-state index is 0.537. The molecular weight excluding hydrogens is 226 g/mol. The molecule has 1 aliphatic heterocycles. The van der Waals surface area contributed by atoms with Crippen LogP contribution in [-0.2, 0) is 11.3 Å². The molecule has 1 saturated heterocycles. The molecule has 1 aliphatic rings. The van der Waals surface area contributed by atoms with Crippen molar-refractivity contribution in [2.24, 2.45) is 0 Å². The quantitative estimate of drug-likeness (QED) is 0.800. The summed E-state index contributed by atoms with van der Waals surface area (Å²) in [4.78, 5) is 0. The molecule has 1 unspecified atom stereocenters. The Morgan fingerprint density at radius 1 is 1.62 bits per heavy atom. The van der Waals surface area contributed by atoms with Crippen LogP contribution in [0.25, 0.3) is 0 Å². The second-order valence-electron chi connectivity index (χ2n) is 4.14. The molecule has 5 heteroatoms. The Bertz CT molecular complexity index is 310. The first-order chi connectivity index (χ1) is 7.84. The summed E-state index contributed by atoms with van der Waals surface area (Å²) in [6, 6.07) is 0.537. The predicted molar refractivity (Wildman–Crippen MR) is 63.7 cm³/mol. The van der Waals surface area contributed by atoms with E-state index in [2.05, 4.69) is 10.4 Å². The normalized spacial score (nSPS) is 21.2. The summed E-state index contributed by atoms with van der Waals surface area (Å²) in [6.45, 7) is 3.69. The average molecular weight is 244 g/mol. The highest BCUT2D eigenvalue weighted by Gasteiger charge is 2.12. The van der Waals surface area contributed by atoms with E-state index < -0.39 is 0 Å². The molecular formula is C11H18ClN3O. The Morgan fingerprint density at radius 2 is 2.56 bits per heavy atom. The van der Waals surface area contributed by atoms with Gasteiger partial charge in [-0.05, 0) is 25.8 Å². The van der Waals surface area contributed by atoms with Gasteiger partial charge in [0, 0.05) is 25.4 Å². The highest BCUT2D eigenvalue weighted by atomic mass is 35.5. The number of hydrogen-bond donors (Lipinski definition) is 1. The van der Waals surface area contributed by atoms with Crippen LogP contribution >= 0.6 is 11.6 Å². The van der Waals surface area contributed by atoms with Crippen LogP contribution in [0.1, 0.15) is 19.3 Å². The van der Waals surface area contributed by atoms with Gasteiger partial charge in [-0.3, -0.25) is 4.68 Å². The third kappa shape index (κ3) is 3.77. The average Bonchev–Trinajstić information content (AvgIpc) is 2.72. The molecule has 2 heterocycles. The number of ether oxygens (including phenoxy) is 1. The fraction of sp³-hybridized carbons (Fsp3) is 0.727. The number of nitrogens with zero attached hydrogens (tertiary/aromatic N) is 2. The van der Waals surface area contributed by atoms with Gasteiger partial charge in [0.05, 0.1) is 17.8 Å². The molecule has 1 aromatic rings. The van der Waals surface area contributed by atoms with Crippen LogP contribution in [-0.4, -0.2) is 35.6 Å². The molecule has 0 spiro atoms. The van der Waals surface area contributed by atoms with Gasteiger partial charge in [-0.1, -0.05) is 11.6 Å². The smallest absolute Gasteiger partial charge is 0.0785 e. The molecule has 1 atom stereocenters. The number of halogens is 1. The first-order valence-electron chi connectivity index (χ1n) is 5.84. The first kappa shape index (κ1) is 11.9. The fourth-order valence-corrected chi connectivity index (χ4v) is 2.07. The zero-order valence-corrected chi connectivity index (χ0v) is 10.1. The predicted octanol–water partition coefficient (Wildman–Crippen LogP) is 1.70. The van der Waals surface area contributed by atoms with Gasteiger partial charge >= 0.3 is 0 Å². The van der Waals surface area contributed by atoms with E-state index in [1.54, 1.807) is 6.20 Å². The van der Waals surface area contributed by atoms with Crippen LogP contribution in [0.4, 0.5) is 0 Å². The van der Waals surface area contributed by atoms with E-state index in [9.17, 15) is 0 Å². The second kappa shape index (κ2) is 6.23. The van der Waals surface area contributed by atoms with Gasteiger partial charge in [0.2, 0.25) is 0 Å². The number of rotatable bonds is 5. The molecule has 4 nitrogen and oxygen atoms in total. The van der Waals surface area contributed by atoms with Crippen molar-refractivity contribution in [3.8, 4) is 0 Å². The highest BCUT2D eigenvalue weighted by molar-refractivity contribution is 6.30. The number of aromatic nitrogens is 2. The fourth-order valence-electron chi connectivity index (χ4n) is 1.91. The summed E-state index contributed by atoms with van der Waals surface area (Å²) >= 11 is 5.78. The van der Waals surface area contributed by atoms with Crippen molar-refractivity contribution in [3.05, 3.63) is 17.4 Å². The highest BCUT2D eigenvalue weighted by Crippen LogP contribution is 2.06. The van der Waals surface area contributed by atoms with Gasteiger partial charge in [0.15, 0.2) is 0 Å². The molecule has 1 fully saturated rings. The molecule has 0 radical (unpaired) electrons. The van der Waals surface area contributed by atoms with Crippen molar-refractivity contribution >= 4 is 11.6 Å². The summed E-state index contributed by atoms with van der Waals surface area (Å²) in [5.74, 6) is 0. The van der Waals surface area contributed by atoms with Crippen molar-refractivity contribution < 1.29 is 4.74 Å². The van der Waals surface area contributed by atoms with E-state index in [4.69, 9.17) is 16.3 Å². The van der Waals surface area contributed by atoms with Gasteiger partial charge in [-0.15, -0.1) is 0 Å². The van der Waals surface area contributed by atoms with Gasteiger partial charge < -0.3 is 10.1 Å². The van der Waals surface area contributed by atoms with Crippen molar-refractivity contribution in [1.29, 1.82) is 0 Å². The maximum absolute atomic E-state index is 5.78. The lowest BCUT2D eigenvalue weighted by Gasteiger charge is -2.23. The van der Waals surface area contributed by atoms with Crippen LogP contribution in [0, 0.1) is 0 Å². The molecule has 16 heavy (non-hydrogen) atoms. The minimum atomic E-state index is 0.537. The lowest BCUT2D eigenvalue weighted by atomic mass is 10.1. The molecule has 2 rings (SSSR count). The van der Waals surface area contributed by atoms with Crippen LogP contribution in [0.2, 0.25) is 5.02 Å². The monoisotopic (exact) mass is 243 g/mol. The molecule has 0 saturated carbocycles. The van der Waals surface area contributed by atoms with E-state index in [1.165, 1.54) is 12.8 Å². The van der Waals surface area contributed by atoms with Crippen LogP contribution in [0.15, 0.2) is 12.4 Å². The molecule has 1 N–H and O–H groups in total. The van der Waals surface area contributed by atoms with Crippen molar-refractivity contribution in [2.75, 3.05) is 19.8 Å². The summed E-state index contributed by atoms with van der Waals surface area (Å²) in [6.07, 6.45) is 6.99. The number of hydrogen-bond acceptors (Lipinski definition) is 3. The zero-order valence-electron chi connectivity index (χ0n) is 9.36. The van der Waals surface area contributed by atoms with Crippen molar-refractivity contribution in [1.82, 2.24) is 15.1 Å². The van der Waals surface area contributed by atoms with E-state index >= 15 is 0 Å². The topological polar surface area (TPSA) is 39.1 Å². The molecule has 0 aliphatic carbocycles. The van der Waals surface area contributed by atoms with E-state index in [0.29, 0.717) is 11.1 Å². The standard InChI is InChI=1S/C11H18ClN3O/c12-10-7-14-15(8-10)5-2-4-13-11-3-1-6-16-9-11/h7-8,11,13H,1-6,9H2. The SMILES string of the molecule is Clc1cnn(CCCNC2CCCOC2)c1. The van der Waals surface area contributed by atoms with Gasteiger partial charge in [-0.25, -0.2) is 0 Å². The number of nitrogens with one attached hydrogen (secondary N) is 1. The molecule has 0 aromatic carbocycles. The van der Waals surface area contributed by atoms with Gasteiger partial charge in [-0.2, -0.15) is 5.10 Å². The maximum Gasteiger partial charge on any atom is 0.0785 e. The Morgan fingerprint density at radius 3 is 3.25 bits per heavy atom. The van der Waals surface area contributed by atoms with Crippen molar-refractivity contribution in [2.45, 2.75) is 31.8 Å². The molecule has 0 bridgehead atoms. The third-order valence-corrected chi connectivity index (χ3v) is 2.95. The lowest BCUT2D eigenvalue weighted by Crippen LogP contribution is -2.37.